The summed E-state index contributed by atoms with van der Waals surface area (Å²) in [4.78, 5) is 19.8. The highest BCUT2D eigenvalue weighted by Gasteiger charge is 2.50. The fourth-order valence-corrected chi connectivity index (χ4v) is 6.67. The van der Waals surface area contributed by atoms with E-state index in [4.69, 9.17) is 9.47 Å². The van der Waals surface area contributed by atoms with Crippen LogP contribution in [-0.4, -0.2) is 55.8 Å². The number of amides is 2. The Bertz CT molecular complexity index is 1210. The molecule has 1 aliphatic heterocycles. The average Bonchev–Trinajstić information content (AvgIpc) is 3.37. The molecular weight excluding hydrogens is 448 g/mol. The van der Waals surface area contributed by atoms with Gasteiger partial charge in [-0.2, -0.15) is 0 Å². The number of ether oxygens (including phenoxy) is 2. The first-order chi connectivity index (χ1) is 16.4. The molecule has 1 aliphatic carbocycles. The average molecular weight is 481 g/mol. The maximum absolute atomic E-state index is 12.8. The van der Waals surface area contributed by atoms with Crippen LogP contribution in [0, 0.1) is 6.92 Å². The van der Waals surface area contributed by atoms with Crippen molar-refractivity contribution in [2.75, 3.05) is 33.1 Å². The zero-order chi connectivity index (χ0) is 23.9. The van der Waals surface area contributed by atoms with Crippen molar-refractivity contribution in [3.63, 3.8) is 0 Å². The zero-order valence-electron chi connectivity index (χ0n) is 20.2. The number of likely N-dealkylation sites (N-methyl/N-ethyl adjacent to an activating group) is 1. The van der Waals surface area contributed by atoms with E-state index in [1.165, 1.54) is 5.56 Å². The van der Waals surface area contributed by atoms with Crippen LogP contribution in [0.2, 0.25) is 0 Å². The second kappa shape index (κ2) is 9.07. The summed E-state index contributed by atoms with van der Waals surface area (Å²) in [5, 5.41) is 7.25. The topological polar surface area (TPSA) is 75.7 Å². The van der Waals surface area contributed by atoms with Gasteiger partial charge in [-0.15, -0.1) is 11.3 Å². The van der Waals surface area contributed by atoms with Gasteiger partial charge in [-0.3, -0.25) is 0 Å². The summed E-state index contributed by atoms with van der Waals surface area (Å²) in [5.74, 6) is 1.53. The first-order valence-electron chi connectivity index (χ1n) is 11.8. The summed E-state index contributed by atoms with van der Waals surface area (Å²) in [6, 6.07) is 12.6. The molecule has 2 fully saturated rings. The number of methoxy groups -OCH3 is 2. The van der Waals surface area contributed by atoms with Crippen LogP contribution in [-0.2, 0) is 5.41 Å². The highest BCUT2D eigenvalue weighted by Crippen LogP contribution is 2.49. The molecule has 5 rings (SSSR count). The minimum atomic E-state index is -0.157. The standard InChI is InChI=1S/C26H32N4O3S/c1-16-27-20-14-18(6-8-23(20)34-16)28-25(31)29-19-9-10-26(11-12-30(2)24(26)15-19)17-5-7-21(32-3)22(13-17)33-4/h5-8,13-14,19,24H,9-12,15H2,1-4H3,(H2,28,29,31)/t19-,24+,26+/m1/s1. The van der Waals surface area contributed by atoms with Gasteiger partial charge in [-0.05, 0) is 82.1 Å². The number of carbonyl (C=O) groups excluding carboxylic acids is 1. The van der Waals surface area contributed by atoms with Crippen molar-refractivity contribution in [1.82, 2.24) is 15.2 Å². The van der Waals surface area contributed by atoms with Gasteiger partial charge in [0.25, 0.3) is 0 Å². The minimum absolute atomic E-state index is 0.0659. The lowest BCUT2D eigenvalue weighted by atomic mass is 9.65. The highest BCUT2D eigenvalue weighted by atomic mass is 32.1. The van der Waals surface area contributed by atoms with E-state index < -0.39 is 0 Å². The van der Waals surface area contributed by atoms with E-state index in [2.05, 4.69) is 39.7 Å². The Balaban J connectivity index is 1.29. The Labute approximate surface area is 204 Å². The molecule has 2 N–H and O–H groups in total. The molecule has 0 bridgehead atoms. The van der Waals surface area contributed by atoms with E-state index in [0.717, 1.165) is 64.6 Å². The summed E-state index contributed by atoms with van der Waals surface area (Å²) in [6.07, 6.45) is 3.99. The molecule has 7 nitrogen and oxygen atoms in total. The van der Waals surface area contributed by atoms with Crippen molar-refractivity contribution in [2.45, 2.75) is 50.1 Å². The number of thiazole rings is 1. The number of aromatic nitrogens is 1. The van der Waals surface area contributed by atoms with E-state index in [0.29, 0.717) is 6.04 Å². The van der Waals surface area contributed by atoms with Crippen LogP contribution < -0.4 is 20.1 Å². The summed E-state index contributed by atoms with van der Waals surface area (Å²) in [6.45, 7) is 3.04. The molecule has 0 radical (unpaired) electrons. The Hall–Kier alpha value is -2.84. The fraction of sp³-hybridized carbons (Fsp3) is 0.462. The van der Waals surface area contributed by atoms with Gasteiger partial charge in [0.1, 0.15) is 0 Å². The van der Waals surface area contributed by atoms with Gasteiger partial charge < -0.3 is 25.0 Å². The molecule has 2 aliphatic rings. The smallest absolute Gasteiger partial charge is 0.319 e. The predicted octanol–water partition coefficient (Wildman–Crippen LogP) is 4.94. The molecule has 180 valence electrons. The summed E-state index contributed by atoms with van der Waals surface area (Å²) in [7, 11) is 5.55. The summed E-state index contributed by atoms with van der Waals surface area (Å²) < 4.78 is 12.2. The normalized spacial score (nSPS) is 24.6. The number of anilines is 1. The van der Waals surface area contributed by atoms with E-state index >= 15 is 0 Å². The predicted molar refractivity (Wildman–Crippen MR) is 136 cm³/mol. The molecule has 1 saturated heterocycles. The lowest BCUT2D eigenvalue weighted by molar-refractivity contribution is 0.156. The Morgan fingerprint density at radius 3 is 2.76 bits per heavy atom. The molecule has 1 saturated carbocycles. The van der Waals surface area contributed by atoms with Crippen LogP contribution in [0.25, 0.3) is 10.2 Å². The van der Waals surface area contributed by atoms with Crippen LogP contribution in [0.15, 0.2) is 36.4 Å². The molecule has 0 unspecified atom stereocenters. The third-order valence-corrected chi connectivity index (χ3v) is 8.53. The van der Waals surface area contributed by atoms with Crippen LogP contribution in [0.5, 0.6) is 11.5 Å². The third kappa shape index (κ3) is 4.09. The van der Waals surface area contributed by atoms with E-state index in [-0.39, 0.29) is 17.5 Å². The number of hydrogen-bond donors (Lipinski definition) is 2. The number of urea groups is 1. The van der Waals surface area contributed by atoms with Crippen molar-refractivity contribution < 1.29 is 14.3 Å². The molecule has 34 heavy (non-hydrogen) atoms. The molecular formula is C26H32N4O3S. The number of likely N-dealkylation sites (tertiary alicyclic amines) is 1. The van der Waals surface area contributed by atoms with Crippen molar-refractivity contribution in [3.05, 3.63) is 47.0 Å². The maximum Gasteiger partial charge on any atom is 0.319 e. The largest absolute Gasteiger partial charge is 0.493 e. The van der Waals surface area contributed by atoms with Gasteiger partial charge in [0.15, 0.2) is 11.5 Å². The van der Waals surface area contributed by atoms with Gasteiger partial charge in [-0.1, -0.05) is 6.07 Å². The van der Waals surface area contributed by atoms with E-state index in [9.17, 15) is 4.79 Å². The Morgan fingerprint density at radius 2 is 1.97 bits per heavy atom. The number of benzene rings is 2. The van der Waals surface area contributed by atoms with Gasteiger partial charge in [-0.25, -0.2) is 9.78 Å². The van der Waals surface area contributed by atoms with Gasteiger partial charge in [0.2, 0.25) is 0 Å². The Kier molecular flexibility index (Phi) is 6.12. The van der Waals surface area contributed by atoms with Crippen molar-refractivity contribution >= 4 is 33.3 Å². The van der Waals surface area contributed by atoms with E-state index in [1.54, 1.807) is 25.6 Å². The van der Waals surface area contributed by atoms with Crippen molar-refractivity contribution in [3.8, 4) is 11.5 Å². The number of fused-ring (bicyclic) bond motifs is 2. The highest BCUT2D eigenvalue weighted by molar-refractivity contribution is 7.18. The lowest BCUT2D eigenvalue weighted by Gasteiger charge is -2.45. The second-order valence-corrected chi connectivity index (χ2v) is 10.7. The number of nitrogens with zero attached hydrogens (tertiary/aromatic N) is 2. The van der Waals surface area contributed by atoms with Crippen LogP contribution in [0.1, 0.15) is 36.3 Å². The number of carbonyl (C=O) groups is 1. The Morgan fingerprint density at radius 1 is 1.15 bits per heavy atom. The monoisotopic (exact) mass is 480 g/mol. The molecule has 8 heteroatoms. The van der Waals surface area contributed by atoms with Crippen LogP contribution in [0.4, 0.5) is 10.5 Å². The second-order valence-electron chi connectivity index (χ2n) is 9.46. The molecule has 0 spiro atoms. The van der Waals surface area contributed by atoms with Crippen LogP contribution >= 0.6 is 11.3 Å². The zero-order valence-corrected chi connectivity index (χ0v) is 21.0. The molecule has 2 amide bonds. The van der Waals surface area contributed by atoms with Gasteiger partial charge >= 0.3 is 6.03 Å². The maximum atomic E-state index is 12.8. The molecule has 2 aromatic carbocycles. The van der Waals surface area contributed by atoms with E-state index in [1.807, 2.05) is 31.2 Å². The van der Waals surface area contributed by atoms with Crippen LogP contribution in [0.3, 0.4) is 0 Å². The first kappa shape index (κ1) is 22.9. The number of rotatable bonds is 5. The SMILES string of the molecule is COc1ccc([C@@]23CC[C@@H](NC(=O)Nc4ccc5sc(C)nc5c4)C[C@@H]2N(C)CC3)cc1OC. The molecule has 2 heterocycles. The molecule has 1 aromatic heterocycles. The molecule has 3 aromatic rings. The third-order valence-electron chi connectivity index (χ3n) is 7.57. The quantitative estimate of drug-likeness (QED) is 0.541. The van der Waals surface area contributed by atoms with Crippen molar-refractivity contribution in [2.24, 2.45) is 0 Å². The van der Waals surface area contributed by atoms with Gasteiger partial charge in [0, 0.05) is 23.2 Å². The summed E-state index contributed by atoms with van der Waals surface area (Å²) >= 11 is 1.66. The lowest BCUT2D eigenvalue weighted by Crippen LogP contribution is -2.52. The van der Waals surface area contributed by atoms with Gasteiger partial charge in [0.05, 0.1) is 29.4 Å². The molecule has 3 atom stereocenters. The number of hydrogen-bond acceptors (Lipinski definition) is 6. The minimum Gasteiger partial charge on any atom is -0.493 e. The first-order valence-corrected chi connectivity index (χ1v) is 12.6. The number of nitrogens with one attached hydrogen (secondary N) is 2. The fourth-order valence-electron chi connectivity index (χ4n) is 5.87. The number of aryl methyl sites for hydroxylation is 1. The van der Waals surface area contributed by atoms with Crippen molar-refractivity contribution in [1.29, 1.82) is 0 Å². The summed E-state index contributed by atoms with van der Waals surface area (Å²) in [5.41, 5.74) is 3.06.